The van der Waals surface area contributed by atoms with Gasteiger partial charge in [0, 0.05) is 25.7 Å². The molecule has 1 aliphatic carbocycles. The number of anilines is 5. The van der Waals surface area contributed by atoms with Gasteiger partial charge in [0.15, 0.2) is 5.82 Å². The van der Waals surface area contributed by atoms with Gasteiger partial charge < -0.3 is 20.0 Å². The van der Waals surface area contributed by atoms with Gasteiger partial charge in [-0.3, -0.25) is 4.79 Å². The molecule has 5 rings (SSSR count). The van der Waals surface area contributed by atoms with Crippen LogP contribution in [-0.4, -0.2) is 53.1 Å². The summed E-state index contributed by atoms with van der Waals surface area (Å²) in [4.78, 5) is 33.1. The summed E-state index contributed by atoms with van der Waals surface area (Å²) < 4.78 is 0. The number of nitrogens with one attached hydrogen (secondary N) is 1. The van der Waals surface area contributed by atoms with Crippen molar-refractivity contribution in [3.63, 3.8) is 0 Å². The third-order valence-corrected chi connectivity index (χ3v) is 7.14. The van der Waals surface area contributed by atoms with Crippen LogP contribution in [0, 0.1) is 5.92 Å². The molecule has 1 saturated carbocycles. The molecule has 0 radical (unpaired) electrons. The topological polar surface area (TPSA) is 77.5 Å². The number of aromatic nitrogens is 3. The number of likely N-dealkylation sites (N-methyl/N-ethyl adjacent to an activating group) is 1. The van der Waals surface area contributed by atoms with Crippen molar-refractivity contribution in [1.29, 1.82) is 0 Å². The largest absolute Gasteiger partial charge is 0.370 e. The second-order valence-corrected chi connectivity index (χ2v) is 9.30. The number of rotatable bonds is 5. The van der Waals surface area contributed by atoms with E-state index in [4.69, 9.17) is 4.98 Å². The second-order valence-electron chi connectivity index (χ2n) is 9.30. The van der Waals surface area contributed by atoms with Crippen molar-refractivity contribution in [2.45, 2.75) is 58.4 Å². The fourth-order valence-corrected chi connectivity index (χ4v) is 5.16. The van der Waals surface area contributed by atoms with Crippen LogP contribution in [0.15, 0.2) is 24.5 Å². The van der Waals surface area contributed by atoms with Crippen molar-refractivity contribution in [1.82, 2.24) is 15.0 Å². The van der Waals surface area contributed by atoms with Crippen LogP contribution in [-0.2, 0) is 4.79 Å². The van der Waals surface area contributed by atoms with Crippen molar-refractivity contribution in [2.24, 2.45) is 5.92 Å². The molecule has 0 bridgehead atoms. The summed E-state index contributed by atoms with van der Waals surface area (Å²) in [5.74, 6) is 3.04. The molecule has 170 valence electrons. The van der Waals surface area contributed by atoms with Gasteiger partial charge in [0.1, 0.15) is 11.5 Å². The molecule has 0 spiro atoms. The van der Waals surface area contributed by atoms with E-state index in [0.29, 0.717) is 25.1 Å². The minimum absolute atomic E-state index is 0.126. The maximum Gasteiger partial charge on any atom is 0.246 e. The molecule has 2 fully saturated rings. The molecule has 32 heavy (non-hydrogen) atoms. The van der Waals surface area contributed by atoms with E-state index in [9.17, 15) is 4.79 Å². The zero-order valence-corrected chi connectivity index (χ0v) is 19.1. The Bertz CT molecular complexity index is 949. The number of pyridine rings is 1. The number of fused-ring (bicyclic) bond motifs is 1. The van der Waals surface area contributed by atoms with E-state index in [1.807, 2.05) is 19.2 Å². The van der Waals surface area contributed by atoms with Crippen LogP contribution in [0.25, 0.3) is 0 Å². The van der Waals surface area contributed by atoms with Gasteiger partial charge in [0.2, 0.25) is 11.9 Å². The molecule has 3 aliphatic rings. The van der Waals surface area contributed by atoms with E-state index in [1.54, 1.807) is 11.1 Å². The summed E-state index contributed by atoms with van der Waals surface area (Å²) >= 11 is 0. The Hall–Kier alpha value is -2.90. The van der Waals surface area contributed by atoms with Gasteiger partial charge in [0.25, 0.3) is 0 Å². The van der Waals surface area contributed by atoms with Crippen LogP contribution in [0.2, 0.25) is 0 Å². The predicted octanol–water partition coefficient (Wildman–Crippen LogP) is 3.97. The first-order chi connectivity index (χ1) is 15.6. The van der Waals surface area contributed by atoms with Gasteiger partial charge in [-0.25, -0.2) is 9.97 Å². The van der Waals surface area contributed by atoms with Crippen LogP contribution >= 0.6 is 0 Å². The zero-order chi connectivity index (χ0) is 22.1. The molecule has 0 atom stereocenters. The molecular formula is C24H33N7O. The highest BCUT2D eigenvalue weighted by Crippen LogP contribution is 2.37. The third-order valence-electron chi connectivity index (χ3n) is 7.14. The van der Waals surface area contributed by atoms with Crippen molar-refractivity contribution < 1.29 is 4.79 Å². The molecular weight excluding hydrogens is 402 g/mol. The number of hydrogen-bond donors (Lipinski definition) is 1. The Morgan fingerprint density at radius 2 is 1.84 bits per heavy atom. The lowest BCUT2D eigenvalue weighted by Crippen LogP contribution is -2.49. The van der Waals surface area contributed by atoms with Crippen molar-refractivity contribution in [3.05, 3.63) is 24.5 Å². The summed E-state index contributed by atoms with van der Waals surface area (Å²) in [7, 11) is 0. The van der Waals surface area contributed by atoms with E-state index >= 15 is 0 Å². The molecule has 0 aromatic carbocycles. The van der Waals surface area contributed by atoms with E-state index in [-0.39, 0.29) is 5.91 Å². The first kappa shape index (κ1) is 21.0. The molecule has 0 unspecified atom stereocenters. The van der Waals surface area contributed by atoms with Crippen molar-refractivity contribution in [3.8, 4) is 0 Å². The Balaban J connectivity index is 1.36. The highest BCUT2D eigenvalue weighted by molar-refractivity contribution is 6.02. The van der Waals surface area contributed by atoms with Gasteiger partial charge in [-0.1, -0.05) is 19.8 Å². The smallest absolute Gasteiger partial charge is 0.246 e. The maximum atomic E-state index is 12.7. The Labute approximate surface area is 190 Å². The first-order valence-electron chi connectivity index (χ1n) is 12.0. The highest BCUT2D eigenvalue weighted by Gasteiger charge is 2.35. The zero-order valence-electron chi connectivity index (χ0n) is 19.1. The molecule has 8 heteroatoms. The van der Waals surface area contributed by atoms with E-state index < -0.39 is 0 Å². The summed E-state index contributed by atoms with van der Waals surface area (Å²) in [6.07, 6.45) is 10.8. The monoisotopic (exact) mass is 435 g/mol. The van der Waals surface area contributed by atoms with Gasteiger partial charge in [-0.05, 0) is 50.7 Å². The molecule has 2 aliphatic heterocycles. The third kappa shape index (κ3) is 4.10. The summed E-state index contributed by atoms with van der Waals surface area (Å²) in [6.45, 7) is 7.51. The minimum Gasteiger partial charge on any atom is -0.370 e. The molecule has 4 heterocycles. The molecule has 8 nitrogen and oxygen atoms in total. The Morgan fingerprint density at radius 1 is 1.06 bits per heavy atom. The number of carbonyl (C=O) groups excluding carboxylic acids is 1. The van der Waals surface area contributed by atoms with Crippen LogP contribution in [0.1, 0.15) is 52.4 Å². The quantitative estimate of drug-likeness (QED) is 0.761. The van der Waals surface area contributed by atoms with Crippen molar-refractivity contribution in [2.75, 3.05) is 46.2 Å². The van der Waals surface area contributed by atoms with Crippen LogP contribution in [0.4, 0.5) is 29.0 Å². The van der Waals surface area contributed by atoms with Gasteiger partial charge >= 0.3 is 0 Å². The maximum absolute atomic E-state index is 12.7. The standard InChI is InChI=1S/C24H33N7O/c1-3-30-20-15-26-24(28-23(20)31(16-22(30)32)18-6-4-5-7-18)27-21-9-8-19(14-25-21)29-12-10-17(2)11-13-29/h8-9,14-15,17-18H,3-7,10-13,16H2,1-2H3,(H,25,26,27,28). The fraction of sp³-hybridized carbons (Fsp3) is 0.583. The lowest BCUT2D eigenvalue weighted by Gasteiger charge is -2.38. The Kier molecular flexibility index (Phi) is 5.85. The molecule has 2 aromatic heterocycles. The van der Waals surface area contributed by atoms with Crippen molar-refractivity contribution >= 4 is 34.9 Å². The highest BCUT2D eigenvalue weighted by atomic mass is 16.2. The van der Waals surface area contributed by atoms with E-state index in [1.165, 1.54) is 31.4 Å². The summed E-state index contributed by atoms with van der Waals surface area (Å²) in [5, 5.41) is 3.26. The van der Waals surface area contributed by atoms with Crippen LogP contribution in [0.3, 0.4) is 0 Å². The van der Waals surface area contributed by atoms with Gasteiger partial charge in [0.05, 0.1) is 24.6 Å². The number of amides is 1. The Morgan fingerprint density at radius 3 is 2.53 bits per heavy atom. The van der Waals surface area contributed by atoms with Gasteiger partial charge in [-0.2, -0.15) is 4.98 Å². The first-order valence-corrected chi connectivity index (χ1v) is 12.0. The molecule has 1 saturated heterocycles. The lowest BCUT2D eigenvalue weighted by molar-refractivity contribution is -0.117. The average molecular weight is 436 g/mol. The normalized spacial score (nSPS) is 20.1. The average Bonchev–Trinajstić information content (AvgIpc) is 3.35. The number of nitrogens with zero attached hydrogens (tertiary/aromatic N) is 6. The molecule has 2 aromatic rings. The number of carbonyl (C=O) groups is 1. The molecule has 1 amide bonds. The van der Waals surface area contributed by atoms with E-state index in [2.05, 4.69) is 38.1 Å². The second kappa shape index (κ2) is 8.92. The van der Waals surface area contributed by atoms with Crippen LogP contribution < -0.4 is 20.0 Å². The van der Waals surface area contributed by atoms with Gasteiger partial charge in [-0.15, -0.1) is 0 Å². The number of hydrogen-bond acceptors (Lipinski definition) is 7. The SMILES string of the molecule is CCN1C(=O)CN(C2CCCC2)c2nc(Nc3ccc(N4CCC(C)CC4)cn3)ncc21. The fourth-order valence-electron chi connectivity index (χ4n) is 5.16. The van der Waals surface area contributed by atoms with Crippen LogP contribution in [0.5, 0.6) is 0 Å². The lowest BCUT2D eigenvalue weighted by atomic mass is 9.99. The number of piperidine rings is 1. The molecule has 1 N–H and O–H groups in total. The van der Waals surface area contributed by atoms with E-state index in [0.717, 1.165) is 49.2 Å². The minimum atomic E-state index is 0.126. The summed E-state index contributed by atoms with van der Waals surface area (Å²) in [6, 6.07) is 4.49. The predicted molar refractivity (Wildman–Crippen MR) is 128 cm³/mol. The summed E-state index contributed by atoms with van der Waals surface area (Å²) in [5.41, 5.74) is 1.97.